The maximum Gasteiger partial charge on any atom is 0.350 e. The van der Waals surface area contributed by atoms with Gasteiger partial charge in [0.1, 0.15) is 0 Å². The summed E-state index contributed by atoms with van der Waals surface area (Å²) >= 11 is 0. The minimum absolute atomic E-state index is 0.00127. The van der Waals surface area contributed by atoms with Crippen molar-refractivity contribution in [1.29, 1.82) is 0 Å². The number of esters is 2. The molecule has 0 N–H and O–H groups in total. The van der Waals surface area contributed by atoms with Crippen molar-refractivity contribution in [1.82, 2.24) is 9.80 Å². The highest BCUT2D eigenvalue weighted by Crippen LogP contribution is 2.31. The summed E-state index contributed by atoms with van der Waals surface area (Å²) in [6.07, 6.45) is 10.6. The molecular formula is C44H70N2O12S2Si5. The summed E-state index contributed by atoms with van der Waals surface area (Å²) in [5.74, 6) is -1.94. The topological polar surface area (TPSA) is 164 Å². The highest BCUT2D eigenvalue weighted by atomic mass is 32.2. The van der Waals surface area contributed by atoms with E-state index in [1.165, 1.54) is 48.6 Å². The predicted molar refractivity (Wildman–Crippen MR) is 270 cm³/mol. The summed E-state index contributed by atoms with van der Waals surface area (Å²) in [7, 11) is -17.5. The normalized spacial score (nSPS) is 15.5. The van der Waals surface area contributed by atoms with Gasteiger partial charge in [0.15, 0.2) is 26.4 Å². The molecule has 0 spiro atoms. The van der Waals surface area contributed by atoms with Crippen molar-refractivity contribution in [2.45, 2.75) is 89.1 Å². The van der Waals surface area contributed by atoms with Gasteiger partial charge in [-0.25, -0.2) is 26.4 Å². The number of likely N-dealkylation sites (N-methyl/N-ethyl adjacent to an activating group) is 2. The maximum atomic E-state index is 13.5. The van der Waals surface area contributed by atoms with Crippen LogP contribution in [0.4, 0.5) is 0 Å². The van der Waals surface area contributed by atoms with E-state index in [-0.39, 0.29) is 22.9 Å². The Bertz CT molecular complexity index is 2340. The molecule has 65 heavy (non-hydrogen) atoms. The lowest BCUT2D eigenvalue weighted by Crippen LogP contribution is -2.61. The smallest absolute Gasteiger partial charge is 0.350 e. The van der Waals surface area contributed by atoms with E-state index >= 15 is 0 Å². The molecule has 0 aliphatic rings. The van der Waals surface area contributed by atoms with Gasteiger partial charge in [-0.1, -0.05) is 48.6 Å². The zero-order valence-electron chi connectivity index (χ0n) is 40.8. The molecule has 0 heterocycles. The van der Waals surface area contributed by atoms with E-state index in [9.17, 15) is 26.4 Å². The number of benzene rings is 2. The van der Waals surface area contributed by atoms with Gasteiger partial charge in [-0.15, -0.1) is 0 Å². The summed E-state index contributed by atoms with van der Waals surface area (Å²) in [6.45, 7) is 29.0. The number of allylic oxidation sites excluding steroid dienone is 4. The summed E-state index contributed by atoms with van der Waals surface area (Å²) in [5.41, 5.74) is 2.84. The molecule has 2 aromatic carbocycles. The summed E-state index contributed by atoms with van der Waals surface area (Å²) in [6, 6.07) is 13.9. The fourth-order valence-electron chi connectivity index (χ4n) is 6.43. The Labute approximate surface area is 394 Å². The Hall–Kier alpha value is -3.76. The van der Waals surface area contributed by atoms with E-state index in [0.717, 1.165) is 12.7 Å². The van der Waals surface area contributed by atoms with Gasteiger partial charge in [-0.05, 0) is 151 Å². The molecular weight excluding hydrogens is 953 g/mol. The molecule has 0 bridgehead atoms. The summed E-state index contributed by atoms with van der Waals surface area (Å²) < 4.78 is 91.4. The third-order valence-corrected chi connectivity index (χ3v) is 29.8. The first-order chi connectivity index (χ1) is 29.8. The number of nitrogens with zero attached hydrogens (tertiary/aromatic N) is 2. The van der Waals surface area contributed by atoms with Crippen LogP contribution in [0.2, 0.25) is 65.5 Å². The van der Waals surface area contributed by atoms with Crippen LogP contribution in [0.15, 0.2) is 134 Å². The lowest BCUT2D eigenvalue weighted by atomic mass is 10.2. The molecule has 0 saturated heterocycles. The Morgan fingerprint density at radius 2 is 1.17 bits per heavy atom. The zero-order valence-corrected chi connectivity index (χ0v) is 47.4. The number of rotatable bonds is 25. The highest BCUT2D eigenvalue weighted by molar-refractivity contribution is 7.96. The monoisotopic (exact) mass is 1020 g/mol. The quantitative estimate of drug-likeness (QED) is 0.0403. The largest absolute Gasteiger partial charge is 0.465 e. The molecule has 0 aliphatic heterocycles. The van der Waals surface area contributed by atoms with E-state index in [2.05, 4.69) is 45.9 Å². The lowest BCUT2D eigenvalue weighted by molar-refractivity contribution is -0.138. The third kappa shape index (κ3) is 18.8. The second kappa shape index (κ2) is 23.8. The number of aryl methyl sites for hydroxylation is 1. The summed E-state index contributed by atoms with van der Waals surface area (Å²) in [4.78, 5) is 28.1. The first-order valence-corrected chi connectivity index (χ1v) is 38.3. The highest BCUT2D eigenvalue weighted by Gasteiger charge is 2.50. The molecule has 0 aromatic heterocycles. The van der Waals surface area contributed by atoms with Crippen LogP contribution in [-0.2, 0) is 55.2 Å². The molecule has 21 heteroatoms. The van der Waals surface area contributed by atoms with Crippen LogP contribution in [0.5, 0.6) is 0 Å². The number of carbonyl (C=O) groups is 2. The van der Waals surface area contributed by atoms with Crippen LogP contribution in [0.3, 0.4) is 0 Å². The van der Waals surface area contributed by atoms with E-state index in [0.29, 0.717) is 11.7 Å². The second-order valence-electron chi connectivity index (χ2n) is 17.9. The molecule has 0 amide bonds. The van der Waals surface area contributed by atoms with Gasteiger partial charge in [-0.2, -0.15) is 0 Å². The van der Waals surface area contributed by atoms with E-state index in [1.807, 2.05) is 49.8 Å². The van der Waals surface area contributed by atoms with Crippen molar-refractivity contribution >= 4 is 73.9 Å². The summed E-state index contributed by atoms with van der Waals surface area (Å²) in [5, 5.41) is 0.663. The average Bonchev–Trinajstić information content (AvgIpc) is 3.16. The Kier molecular flexibility index (Phi) is 21.0. The van der Waals surface area contributed by atoms with Gasteiger partial charge >= 0.3 is 37.6 Å². The number of hydrogen-bond donors (Lipinski definition) is 0. The number of hydrogen-bond acceptors (Lipinski definition) is 14. The van der Waals surface area contributed by atoms with Crippen molar-refractivity contribution in [3.63, 3.8) is 0 Å². The van der Waals surface area contributed by atoms with Crippen molar-refractivity contribution in [2.24, 2.45) is 0 Å². The van der Waals surface area contributed by atoms with Crippen LogP contribution < -0.4 is 0 Å². The van der Waals surface area contributed by atoms with Gasteiger partial charge in [0, 0.05) is 27.2 Å². The van der Waals surface area contributed by atoms with E-state index < -0.39 is 83.7 Å². The Balaban J connectivity index is 2.52. The molecule has 0 aliphatic carbocycles. The van der Waals surface area contributed by atoms with Crippen LogP contribution in [0.25, 0.3) is 0 Å². The van der Waals surface area contributed by atoms with Crippen molar-refractivity contribution in [3.05, 3.63) is 130 Å². The first kappa shape index (κ1) is 57.4. The maximum absolute atomic E-state index is 13.5. The Morgan fingerprint density at radius 1 is 0.677 bits per heavy atom. The van der Waals surface area contributed by atoms with Crippen LogP contribution in [0, 0.1) is 6.92 Å². The zero-order chi connectivity index (χ0) is 49.7. The van der Waals surface area contributed by atoms with Crippen molar-refractivity contribution in [3.8, 4) is 0 Å². The number of ether oxygens (including phenoxy) is 2. The van der Waals surface area contributed by atoms with Gasteiger partial charge in [0.25, 0.3) is 0 Å². The molecule has 2 atom stereocenters. The predicted octanol–water partition coefficient (Wildman–Crippen LogP) is 8.41. The molecule has 0 fully saturated rings. The fraction of sp³-hybridized carbons (Fsp3) is 0.409. The number of carbonyl (C=O) groups excluding carboxylic acids is 2. The van der Waals surface area contributed by atoms with Crippen LogP contribution >= 0.6 is 0 Å². The molecule has 0 saturated carbocycles. The first-order valence-electron chi connectivity index (χ1n) is 21.0. The fourth-order valence-corrected chi connectivity index (χ4v) is 31.0. The third-order valence-electron chi connectivity index (χ3n) is 8.80. The van der Waals surface area contributed by atoms with Crippen LogP contribution in [-0.4, -0.2) is 122 Å². The van der Waals surface area contributed by atoms with E-state index in [4.69, 9.17) is 25.9 Å². The van der Waals surface area contributed by atoms with E-state index in [1.54, 1.807) is 68.7 Å². The average molecular weight is 1020 g/mol. The van der Waals surface area contributed by atoms with Gasteiger partial charge in [0.2, 0.25) is 19.7 Å². The second-order valence-corrected chi connectivity index (χ2v) is 41.3. The number of sulfone groups is 2. The van der Waals surface area contributed by atoms with Gasteiger partial charge in [-0.3, -0.25) is 0 Å². The molecule has 0 radical (unpaired) electrons. The van der Waals surface area contributed by atoms with Gasteiger partial charge in [0.05, 0.1) is 23.5 Å². The van der Waals surface area contributed by atoms with Crippen molar-refractivity contribution < 1.29 is 52.4 Å². The Morgan fingerprint density at radius 3 is 1.66 bits per heavy atom. The molecule has 2 aromatic rings. The SMILES string of the molecule is C=C(CN(C)C=CC=C(C(=O)OCC)S(=O)(=O)c1ccccc1)[Si](C)(O[Si](C)(C)O[Si](C)(C)C)O[Si](C)(C=CCN(C)C=CC=C(C(=O)OC)S(=O)(=O)c1ccc(C)cc1)O[Si](C)(C)C. The van der Waals surface area contributed by atoms with Gasteiger partial charge < -0.3 is 35.7 Å². The minimum Gasteiger partial charge on any atom is -0.465 e. The molecule has 2 rings (SSSR count). The molecule has 2 unspecified atom stereocenters. The minimum atomic E-state index is -4.18. The molecule has 14 nitrogen and oxygen atoms in total. The van der Waals surface area contributed by atoms with Crippen molar-refractivity contribution in [2.75, 3.05) is 40.9 Å². The standard InChI is InChI=1S/C44H70N2O12S2Si5/c1-17-54-44(48)42(59(49,50)39-24-19-18-20-25-39)27-22-33-46(5)36-38(3)65(16,57-63(13,14)55-61(7,8)9)58-64(15,56-62(10,11)12)35-23-34-45(4)32-21-26-41(43(47)53-6)60(51,52)40-30-28-37(2)29-31-40/h18-33,35H,3,17,34,36H2,1-2,4-16H3. The lowest BCUT2D eigenvalue weighted by Gasteiger charge is -2.44. The number of methoxy groups -OCH3 is 1. The molecule has 360 valence electrons. The van der Waals surface area contributed by atoms with Crippen LogP contribution in [0.1, 0.15) is 12.5 Å².